The zero-order valence-electron chi connectivity index (χ0n) is 15.2. The van der Waals surface area contributed by atoms with Gasteiger partial charge in [-0.05, 0) is 37.3 Å². The Bertz CT molecular complexity index is 598. The lowest BCUT2D eigenvalue weighted by Gasteiger charge is -2.22. The summed E-state index contributed by atoms with van der Waals surface area (Å²) in [6.45, 7) is 5.63. The number of amides is 2. The highest BCUT2D eigenvalue weighted by molar-refractivity contribution is 6.00. The third-order valence-corrected chi connectivity index (χ3v) is 4.17. The molecular weight excluding hydrogens is 316 g/mol. The van der Waals surface area contributed by atoms with Crippen LogP contribution in [0, 0.1) is 0 Å². The first kappa shape index (κ1) is 19.2. The van der Waals surface area contributed by atoms with E-state index in [1.807, 2.05) is 35.2 Å². The maximum Gasteiger partial charge on any atom is 0.270 e. The minimum Gasteiger partial charge on any atom is -0.378 e. The molecule has 0 spiro atoms. The van der Waals surface area contributed by atoms with Crippen LogP contribution in [0.25, 0.3) is 6.08 Å². The van der Waals surface area contributed by atoms with Crippen LogP contribution in [0.3, 0.4) is 0 Å². The first-order valence-electron chi connectivity index (χ1n) is 9.05. The van der Waals surface area contributed by atoms with E-state index in [-0.39, 0.29) is 17.9 Å². The first-order chi connectivity index (χ1) is 12.1. The van der Waals surface area contributed by atoms with Crippen molar-refractivity contribution in [1.29, 1.82) is 0 Å². The van der Waals surface area contributed by atoms with Crippen molar-refractivity contribution >= 4 is 17.9 Å². The fourth-order valence-corrected chi connectivity index (χ4v) is 2.95. The number of nitrogens with zero attached hydrogens (tertiary/aromatic N) is 1. The van der Waals surface area contributed by atoms with Crippen molar-refractivity contribution in [2.24, 2.45) is 0 Å². The Morgan fingerprint density at radius 2 is 2.00 bits per heavy atom. The zero-order chi connectivity index (χ0) is 18.1. The molecule has 2 rings (SSSR count). The van der Waals surface area contributed by atoms with Gasteiger partial charge in [-0.25, -0.2) is 0 Å². The Morgan fingerprint density at radius 1 is 1.24 bits per heavy atom. The van der Waals surface area contributed by atoms with Gasteiger partial charge in [-0.15, -0.1) is 0 Å². The van der Waals surface area contributed by atoms with Crippen LogP contribution in [0.2, 0.25) is 0 Å². The number of hydrogen-bond donors (Lipinski definition) is 1. The van der Waals surface area contributed by atoms with Crippen LogP contribution < -0.4 is 5.32 Å². The van der Waals surface area contributed by atoms with Gasteiger partial charge in [-0.1, -0.05) is 37.3 Å². The Hall–Kier alpha value is -2.14. The summed E-state index contributed by atoms with van der Waals surface area (Å²) < 4.78 is 5.84. The molecule has 1 atom stereocenters. The molecule has 0 bridgehead atoms. The summed E-state index contributed by atoms with van der Waals surface area (Å²) in [7, 11) is 0. The van der Waals surface area contributed by atoms with E-state index in [1.165, 1.54) is 6.92 Å². The summed E-state index contributed by atoms with van der Waals surface area (Å²) >= 11 is 0. The molecular formula is C20H28N2O3. The molecule has 136 valence electrons. The molecule has 1 aromatic rings. The molecule has 1 aliphatic rings. The molecule has 0 radical (unpaired) electrons. The second-order valence-electron chi connectivity index (χ2n) is 6.37. The molecule has 5 heteroatoms. The lowest BCUT2D eigenvalue weighted by molar-refractivity contribution is -0.129. The highest BCUT2D eigenvalue weighted by atomic mass is 16.5. The van der Waals surface area contributed by atoms with Crippen LogP contribution in [0.15, 0.2) is 36.0 Å². The molecule has 1 heterocycles. The molecule has 0 unspecified atom stereocenters. The molecule has 0 saturated carbocycles. The summed E-state index contributed by atoms with van der Waals surface area (Å²) in [4.78, 5) is 26.3. The van der Waals surface area contributed by atoms with Crippen LogP contribution in [0.5, 0.6) is 0 Å². The smallest absolute Gasteiger partial charge is 0.270 e. The maximum absolute atomic E-state index is 12.9. The first-order valence-corrected chi connectivity index (χ1v) is 9.05. The summed E-state index contributed by atoms with van der Waals surface area (Å²) in [6, 6.07) is 9.55. The Labute approximate surface area is 150 Å². The van der Waals surface area contributed by atoms with E-state index in [9.17, 15) is 9.59 Å². The SMILES string of the molecule is CCCO[C@@H]1CCCN(C(=O)/C(=C/c2ccccc2)NC(C)=O)CC1. The quantitative estimate of drug-likeness (QED) is 0.807. The van der Waals surface area contributed by atoms with Gasteiger partial charge in [0.25, 0.3) is 5.91 Å². The molecule has 1 N–H and O–H groups in total. The van der Waals surface area contributed by atoms with Gasteiger partial charge in [-0.2, -0.15) is 0 Å². The minimum absolute atomic E-state index is 0.129. The lowest BCUT2D eigenvalue weighted by Crippen LogP contribution is -2.38. The maximum atomic E-state index is 12.9. The predicted octanol–water partition coefficient (Wildman–Crippen LogP) is 2.97. The Morgan fingerprint density at radius 3 is 2.68 bits per heavy atom. The summed E-state index contributed by atoms with van der Waals surface area (Å²) in [5, 5.41) is 2.69. The van der Waals surface area contributed by atoms with E-state index in [0.717, 1.165) is 37.9 Å². The van der Waals surface area contributed by atoms with E-state index >= 15 is 0 Å². The number of benzene rings is 1. The molecule has 5 nitrogen and oxygen atoms in total. The third-order valence-electron chi connectivity index (χ3n) is 4.17. The Kier molecular flexibility index (Phi) is 7.67. The number of rotatable bonds is 6. The number of ether oxygens (including phenoxy) is 1. The number of carbonyl (C=O) groups excluding carboxylic acids is 2. The second-order valence-corrected chi connectivity index (χ2v) is 6.37. The summed E-state index contributed by atoms with van der Waals surface area (Å²) in [5.41, 5.74) is 1.21. The largest absolute Gasteiger partial charge is 0.378 e. The number of carbonyl (C=O) groups is 2. The average Bonchev–Trinajstić information content (AvgIpc) is 2.85. The highest BCUT2D eigenvalue weighted by Gasteiger charge is 2.23. The van der Waals surface area contributed by atoms with E-state index in [2.05, 4.69) is 12.2 Å². The lowest BCUT2D eigenvalue weighted by atomic mass is 10.1. The van der Waals surface area contributed by atoms with Crippen molar-refractivity contribution in [1.82, 2.24) is 10.2 Å². The van der Waals surface area contributed by atoms with Crippen molar-refractivity contribution in [3.8, 4) is 0 Å². The highest BCUT2D eigenvalue weighted by Crippen LogP contribution is 2.17. The van der Waals surface area contributed by atoms with Crippen LogP contribution in [0.1, 0.15) is 45.1 Å². The molecule has 1 fully saturated rings. The number of likely N-dealkylation sites (tertiary alicyclic amines) is 1. The van der Waals surface area contributed by atoms with Gasteiger partial charge in [0.2, 0.25) is 5.91 Å². The molecule has 0 aliphatic carbocycles. The van der Waals surface area contributed by atoms with Crippen molar-refractivity contribution < 1.29 is 14.3 Å². The zero-order valence-corrected chi connectivity index (χ0v) is 15.2. The Balaban J connectivity index is 2.08. The van der Waals surface area contributed by atoms with Crippen LogP contribution in [-0.4, -0.2) is 42.5 Å². The molecule has 1 saturated heterocycles. The van der Waals surface area contributed by atoms with Crippen molar-refractivity contribution in [2.75, 3.05) is 19.7 Å². The summed E-state index contributed by atoms with van der Waals surface area (Å²) in [6.07, 6.45) is 5.69. The predicted molar refractivity (Wildman–Crippen MR) is 98.7 cm³/mol. The number of hydrogen-bond acceptors (Lipinski definition) is 3. The van der Waals surface area contributed by atoms with Gasteiger partial charge in [0.1, 0.15) is 5.70 Å². The molecule has 2 amide bonds. The van der Waals surface area contributed by atoms with Crippen LogP contribution in [-0.2, 0) is 14.3 Å². The fourth-order valence-electron chi connectivity index (χ4n) is 2.95. The summed E-state index contributed by atoms with van der Waals surface area (Å²) in [5.74, 6) is -0.371. The monoisotopic (exact) mass is 344 g/mol. The molecule has 1 aromatic carbocycles. The van der Waals surface area contributed by atoms with E-state index in [0.29, 0.717) is 18.8 Å². The van der Waals surface area contributed by atoms with Crippen molar-refractivity contribution in [2.45, 2.75) is 45.6 Å². The van der Waals surface area contributed by atoms with Crippen LogP contribution in [0.4, 0.5) is 0 Å². The van der Waals surface area contributed by atoms with Crippen molar-refractivity contribution in [3.05, 3.63) is 41.6 Å². The van der Waals surface area contributed by atoms with E-state index in [4.69, 9.17) is 4.74 Å². The topological polar surface area (TPSA) is 58.6 Å². The standard InChI is InChI=1S/C20H28N2O3/c1-3-14-25-18-10-7-12-22(13-11-18)20(24)19(21-16(2)23)15-17-8-5-4-6-9-17/h4-6,8-9,15,18H,3,7,10-14H2,1-2H3,(H,21,23)/b19-15-/t18-/m1/s1. The molecule has 0 aromatic heterocycles. The molecule has 25 heavy (non-hydrogen) atoms. The third kappa shape index (κ3) is 6.35. The number of nitrogens with one attached hydrogen (secondary N) is 1. The van der Waals surface area contributed by atoms with Gasteiger partial charge in [0.15, 0.2) is 0 Å². The van der Waals surface area contributed by atoms with Gasteiger partial charge >= 0.3 is 0 Å². The van der Waals surface area contributed by atoms with Gasteiger partial charge < -0.3 is 15.0 Å². The van der Waals surface area contributed by atoms with Gasteiger partial charge in [0.05, 0.1) is 6.10 Å². The average molecular weight is 344 g/mol. The van der Waals surface area contributed by atoms with Crippen molar-refractivity contribution in [3.63, 3.8) is 0 Å². The van der Waals surface area contributed by atoms with Gasteiger partial charge in [-0.3, -0.25) is 9.59 Å². The second kappa shape index (κ2) is 9.99. The van der Waals surface area contributed by atoms with Crippen LogP contribution >= 0.6 is 0 Å². The fraction of sp³-hybridized carbons (Fsp3) is 0.500. The van der Waals surface area contributed by atoms with Gasteiger partial charge in [0, 0.05) is 26.6 Å². The van der Waals surface area contributed by atoms with E-state index in [1.54, 1.807) is 6.08 Å². The normalized spacial score (nSPS) is 18.6. The molecule has 1 aliphatic heterocycles. The minimum atomic E-state index is -0.241. The van der Waals surface area contributed by atoms with E-state index < -0.39 is 0 Å².